The van der Waals surface area contributed by atoms with E-state index in [1.165, 1.54) is 19.2 Å². The number of halogens is 2. The summed E-state index contributed by atoms with van der Waals surface area (Å²) in [6, 6.07) is 4.70. The standard InChI is InChI=1S/C13H14Cl2N2O2/c1-8(18)10(7-17(2)3)13(19)16-12-5-4-9(14)6-11(12)15/h4-7H,1-3H3,(H,16,19)/b10-7+. The van der Waals surface area contributed by atoms with E-state index in [2.05, 4.69) is 5.32 Å². The van der Waals surface area contributed by atoms with Crippen molar-refractivity contribution in [3.8, 4) is 0 Å². The quantitative estimate of drug-likeness (QED) is 0.528. The third kappa shape index (κ3) is 4.58. The number of anilines is 1. The van der Waals surface area contributed by atoms with E-state index < -0.39 is 5.91 Å². The fraction of sp³-hybridized carbons (Fsp3) is 0.231. The van der Waals surface area contributed by atoms with Crippen molar-refractivity contribution in [3.05, 3.63) is 40.0 Å². The molecule has 0 spiro atoms. The summed E-state index contributed by atoms with van der Waals surface area (Å²) in [5, 5.41) is 3.36. The average molecular weight is 301 g/mol. The molecule has 0 aliphatic rings. The van der Waals surface area contributed by atoms with Crippen LogP contribution >= 0.6 is 23.2 Å². The van der Waals surface area contributed by atoms with Gasteiger partial charge in [-0.05, 0) is 25.1 Å². The van der Waals surface area contributed by atoms with Crippen LogP contribution in [0.1, 0.15) is 6.92 Å². The Hall–Kier alpha value is -1.52. The first-order chi connectivity index (χ1) is 8.81. The molecule has 0 saturated heterocycles. The first-order valence-corrected chi connectivity index (χ1v) is 6.22. The Morgan fingerprint density at radius 2 is 1.89 bits per heavy atom. The summed E-state index contributed by atoms with van der Waals surface area (Å²) in [5.41, 5.74) is 0.456. The Morgan fingerprint density at radius 3 is 2.37 bits per heavy atom. The van der Waals surface area contributed by atoms with Gasteiger partial charge in [-0.2, -0.15) is 0 Å². The number of hydrogen-bond donors (Lipinski definition) is 1. The lowest BCUT2D eigenvalue weighted by molar-refractivity contribution is -0.119. The monoisotopic (exact) mass is 300 g/mol. The maximum Gasteiger partial charge on any atom is 0.260 e. The van der Waals surface area contributed by atoms with Crippen molar-refractivity contribution >= 4 is 40.6 Å². The highest BCUT2D eigenvalue weighted by Gasteiger charge is 2.16. The van der Waals surface area contributed by atoms with Crippen molar-refractivity contribution in [2.45, 2.75) is 6.92 Å². The van der Waals surface area contributed by atoms with Crippen LogP contribution < -0.4 is 5.32 Å². The number of benzene rings is 1. The molecule has 102 valence electrons. The number of nitrogens with one attached hydrogen (secondary N) is 1. The third-order valence-electron chi connectivity index (χ3n) is 2.19. The predicted molar refractivity (Wildman–Crippen MR) is 77.5 cm³/mol. The van der Waals surface area contributed by atoms with Crippen molar-refractivity contribution in [1.82, 2.24) is 4.90 Å². The van der Waals surface area contributed by atoms with Gasteiger partial charge in [-0.3, -0.25) is 9.59 Å². The molecule has 1 aromatic carbocycles. The van der Waals surface area contributed by atoms with Crippen molar-refractivity contribution in [2.24, 2.45) is 0 Å². The molecule has 0 unspecified atom stereocenters. The smallest absolute Gasteiger partial charge is 0.260 e. The molecule has 1 amide bonds. The second kappa shape index (κ2) is 6.59. The Kier molecular flexibility index (Phi) is 5.39. The summed E-state index contributed by atoms with van der Waals surface area (Å²) in [6.07, 6.45) is 1.46. The summed E-state index contributed by atoms with van der Waals surface area (Å²) in [4.78, 5) is 25.1. The molecule has 0 aliphatic carbocycles. The minimum Gasteiger partial charge on any atom is -0.383 e. The van der Waals surface area contributed by atoms with Crippen LogP contribution in [0, 0.1) is 0 Å². The van der Waals surface area contributed by atoms with Gasteiger partial charge in [0.2, 0.25) is 0 Å². The van der Waals surface area contributed by atoms with Crippen molar-refractivity contribution in [1.29, 1.82) is 0 Å². The van der Waals surface area contributed by atoms with Crippen LogP contribution in [0.4, 0.5) is 5.69 Å². The van der Waals surface area contributed by atoms with Crippen LogP contribution in [-0.4, -0.2) is 30.7 Å². The number of Topliss-reactive ketones (excluding diaryl/α,β-unsaturated/α-hetero) is 1. The Bertz CT molecular complexity index is 539. The summed E-state index contributed by atoms with van der Waals surface area (Å²) >= 11 is 11.7. The predicted octanol–water partition coefficient (Wildman–Crippen LogP) is 2.97. The topological polar surface area (TPSA) is 49.4 Å². The Labute approximate surface area is 122 Å². The van der Waals surface area contributed by atoms with Gasteiger partial charge in [0.25, 0.3) is 5.91 Å². The van der Waals surface area contributed by atoms with Crippen molar-refractivity contribution in [3.63, 3.8) is 0 Å². The van der Waals surface area contributed by atoms with E-state index in [1.54, 1.807) is 31.1 Å². The van der Waals surface area contributed by atoms with Crippen LogP contribution in [0.15, 0.2) is 30.0 Å². The zero-order chi connectivity index (χ0) is 14.6. The minimum atomic E-state index is -0.509. The van der Waals surface area contributed by atoms with Crippen LogP contribution in [0.3, 0.4) is 0 Å². The molecule has 0 atom stereocenters. The van der Waals surface area contributed by atoms with Gasteiger partial charge in [-0.1, -0.05) is 23.2 Å². The van der Waals surface area contributed by atoms with Gasteiger partial charge in [0.05, 0.1) is 16.3 Å². The van der Waals surface area contributed by atoms with E-state index in [1.807, 2.05) is 0 Å². The van der Waals surface area contributed by atoms with Crippen molar-refractivity contribution in [2.75, 3.05) is 19.4 Å². The molecule has 0 radical (unpaired) electrons. The number of nitrogens with zero attached hydrogens (tertiary/aromatic N) is 1. The molecule has 6 heteroatoms. The van der Waals surface area contributed by atoms with Gasteiger partial charge >= 0.3 is 0 Å². The molecule has 0 bridgehead atoms. The van der Waals surface area contributed by atoms with Gasteiger partial charge in [0.15, 0.2) is 5.78 Å². The van der Waals surface area contributed by atoms with Gasteiger partial charge in [0, 0.05) is 25.3 Å². The summed E-state index contributed by atoms with van der Waals surface area (Å²) in [6.45, 7) is 1.33. The van der Waals surface area contributed by atoms with Crippen LogP contribution in [0.2, 0.25) is 10.0 Å². The SMILES string of the molecule is CC(=O)/C(=C\N(C)C)C(=O)Nc1ccc(Cl)cc1Cl. The molecule has 0 aliphatic heterocycles. The molecule has 0 saturated carbocycles. The Balaban J connectivity index is 2.97. The fourth-order valence-electron chi connectivity index (χ4n) is 1.35. The summed E-state index contributed by atoms with van der Waals surface area (Å²) in [5.74, 6) is -0.832. The van der Waals surface area contributed by atoms with E-state index in [-0.39, 0.29) is 11.4 Å². The lowest BCUT2D eigenvalue weighted by Crippen LogP contribution is -2.21. The lowest BCUT2D eigenvalue weighted by Gasteiger charge is -2.11. The first-order valence-electron chi connectivity index (χ1n) is 5.47. The maximum absolute atomic E-state index is 12.0. The van der Waals surface area contributed by atoms with E-state index in [0.29, 0.717) is 15.7 Å². The Morgan fingerprint density at radius 1 is 1.26 bits per heavy atom. The summed E-state index contributed by atoms with van der Waals surface area (Å²) < 4.78 is 0. The number of carbonyl (C=O) groups is 2. The van der Waals surface area contributed by atoms with E-state index in [9.17, 15) is 9.59 Å². The molecule has 1 N–H and O–H groups in total. The van der Waals surface area contributed by atoms with Gasteiger partial charge in [-0.15, -0.1) is 0 Å². The molecule has 0 fully saturated rings. The zero-order valence-corrected chi connectivity index (χ0v) is 12.3. The molecule has 0 heterocycles. The molecule has 0 aromatic heterocycles. The second-order valence-electron chi connectivity index (χ2n) is 4.14. The third-order valence-corrected chi connectivity index (χ3v) is 2.74. The van der Waals surface area contributed by atoms with Gasteiger partial charge < -0.3 is 10.2 Å². The maximum atomic E-state index is 12.0. The molecule has 1 aromatic rings. The highest BCUT2D eigenvalue weighted by Crippen LogP contribution is 2.25. The normalized spacial score (nSPS) is 11.1. The highest BCUT2D eigenvalue weighted by molar-refractivity contribution is 6.37. The number of ketones is 1. The number of rotatable bonds is 4. The fourth-order valence-corrected chi connectivity index (χ4v) is 1.80. The number of amides is 1. The zero-order valence-electron chi connectivity index (χ0n) is 10.8. The van der Waals surface area contributed by atoms with E-state index >= 15 is 0 Å². The molecular weight excluding hydrogens is 287 g/mol. The number of hydrogen-bond acceptors (Lipinski definition) is 3. The van der Waals surface area contributed by atoms with Gasteiger partial charge in [-0.25, -0.2) is 0 Å². The minimum absolute atomic E-state index is 0.0519. The average Bonchev–Trinajstić information content (AvgIpc) is 2.29. The van der Waals surface area contributed by atoms with E-state index in [0.717, 1.165) is 0 Å². The van der Waals surface area contributed by atoms with E-state index in [4.69, 9.17) is 23.2 Å². The van der Waals surface area contributed by atoms with Gasteiger partial charge in [0.1, 0.15) is 0 Å². The largest absolute Gasteiger partial charge is 0.383 e. The lowest BCUT2D eigenvalue weighted by atomic mass is 10.2. The molecule has 4 nitrogen and oxygen atoms in total. The number of carbonyl (C=O) groups excluding carboxylic acids is 2. The van der Waals surface area contributed by atoms with Crippen LogP contribution in [-0.2, 0) is 9.59 Å². The van der Waals surface area contributed by atoms with Crippen LogP contribution in [0.5, 0.6) is 0 Å². The van der Waals surface area contributed by atoms with Crippen molar-refractivity contribution < 1.29 is 9.59 Å². The molecule has 1 rings (SSSR count). The second-order valence-corrected chi connectivity index (χ2v) is 4.98. The molecular formula is C13H14Cl2N2O2. The van der Waals surface area contributed by atoms with Crippen LogP contribution in [0.25, 0.3) is 0 Å². The first kappa shape index (κ1) is 15.5. The highest BCUT2D eigenvalue weighted by atomic mass is 35.5. The molecule has 19 heavy (non-hydrogen) atoms. The summed E-state index contributed by atoms with van der Waals surface area (Å²) in [7, 11) is 3.46.